The van der Waals surface area contributed by atoms with Crippen molar-refractivity contribution in [3.63, 3.8) is 0 Å². The second-order valence-corrected chi connectivity index (χ2v) is 10.6. The number of aromatic nitrogens is 1. The number of hydrogen-bond acceptors (Lipinski definition) is 4. The van der Waals surface area contributed by atoms with Gasteiger partial charge in [0.25, 0.3) is 5.91 Å². The molecular formula is C26H33N5O5. The summed E-state index contributed by atoms with van der Waals surface area (Å²) in [5, 5.41) is 12.7. The Morgan fingerprint density at radius 1 is 1.03 bits per heavy atom. The molecule has 3 fully saturated rings. The van der Waals surface area contributed by atoms with Gasteiger partial charge in [0.15, 0.2) is 0 Å². The van der Waals surface area contributed by atoms with Crippen molar-refractivity contribution in [3.8, 4) is 0 Å². The predicted molar refractivity (Wildman–Crippen MR) is 134 cm³/mol. The third kappa shape index (κ3) is 4.29. The zero-order valence-corrected chi connectivity index (χ0v) is 20.8. The van der Waals surface area contributed by atoms with Crippen LogP contribution in [0.25, 0.3) is 10.9 Å². The first-order valence-electron chi connectivity index (χ1n) is 12.7. The summed E-state index contributed by atoms with van der Waals surface area (Å²) in [6.07, 6.45) is 4.68. The van der Waals surface area contributed by atoms with Crippen molar-refractivity contribution in [2.24, 2.45) is 5.41 Å². The van der Waals surface area contributed by atoms with E-state index in [9.17, 15) is 24.3 Å². The van der Waals surface area contributed by atoms with Gasteiger partial charge in [-0.2, -0.15) is 0 Å². The third-order valence-corrected chi connectivity index (χ3v) is 8.01. The smallest absolute Gasteiger partial charge is 0.407 e. The van der Waals surface area contributed by atoms with Gasteiger partial charge in [-0.05, 0) is 63.1 Å². The summed E-state index contributed by atoms with van der Waals surface area (Å²) in [6.45, 7) is 6.64. The van der Waals surface area contributed by atoms with Crippen molar-refractivity contribution < 1.29 is 24.3 Å². The maximum Gasteiger partial charge on any atom is 0.407 e. The largest absolute Gasteiger partial charge is 0.465 e. The number of carbonyl (C=O) groups is 4. The molecule has 1 aromatic heterocycles. The minimum Gasteiger partial charge on any atom is -0.465 e. The van der Waals surface area contributed by atoms with Gasteiger partial charge in [0.2, 0.25) is 5.91 Å². The van der Waals surface area contributed by atoms with Crippen molar-refractivity contribution in [2.75, 3.05) is 37.6 Å². The highest BCUT2D eigenvalue weighted by atomic mass is 16.4. The van der Waals surface area contributed by atoms with Crippen LogP contribution in [0.1, 0.15) is 62.4 Å². The van der Waals surface area contributed by atoms with Crippen molar-refractivity contribution in [1.82, 2.24) is 19.7 Å². The number of amides is 5. The number of nitrogens with one attached hydrogen (secondary N) is 1. The van der Waals surface area contributed by atoms with Gasteiger partial charge in [-0.25, -0.2) is 9.59 Å². The van der Waals surface area contributed by atoms with Crippen LogP contribution in [0, 0.1) is 5.41 Å². The molecular weight excluding hydrogens is 462 g/mol. The molecule has 3 saturated heterocycles. The molecule has 10 heteroatoms. The van der Waals surface area contributed by atoms with E-state index in [1.807, 2.05) is 23.2 Å². The van der Waals surface area contributed by atoms with Crippen molar-refractivity contribution in [3.05, 3.63) is 30.0 Å². The number of anilines is 1. The number of urea groups is 1. The summed E-state index contributed by atoms with van der Waals surface area (Å²) in [4.78, 5) is 54.5. The van der Waals surface area contributed by atoms with Gasteiger partial charge in [-0.3, -0.25) is 19.8 Å². The highest BCUT2D eigenvalue weighted by Gasteiger charge is 2.41. The molecule has 36 heavy (non-hydrogen) atoms. The van der Waals surface area contributed by atoms with Gasteiger partial charge in [0.1, 0.15) is 0 Å². The molecule has 3 aliphatic heterocycles. The van der Waals surface area contributed by atoms with Gasteiger partial charge in [0.05, 0.1) is 11.2 Å². The topological polar surface area (TPSA) is 115 Å². The van der Waals surface area contributed by atoms with Gasteiger partial charge in [-0.15, -0.1) is 0 Å². The van der Waals surface area contributed by atoms with E-state index < -0.39 is 12.1 Å². The Kier molecular flexibility index (Phi) is 6.13. The van der Waals surface area contributed by atoms with E-state index >= 15 is 0 Å². The average molecular weight is 496 g/mol. The van der Waals surface area contributed by atoms with E-state index in [0.29, 0.717) is 37.4 Å². The number of benzene rings is 1. The van der Waals surface area contributed by atoms with Crippen LogP contribution < -0.4 is 10.2 Å². The molecule has 0 atom stereocenters. The molecule has 10 nitrogen and oxygen atoms in total. The molecule has 0 unspecified atom stereocenters. The standard InChI is InChI=1S/C26H33N5O5/c1-17(2)30-10-4-19-20(30)14-18(15-21(19)31-11-5-22(32)27-24(31)34)23(33)28-12-7-26(8-13-28)6-3-9-29(16-26)25(35)36/h4,10,14-15,17H,3,5-9,11-13,16H2,1-2H3,(H,35,36)(H,27,32,34). The van der Waals surface area contributed by atoms with Gasteiger partial charge in [-0.1, -0.05) is 0 Å². The Bertz CT molecular complexity index is 1230. The Balaban J connectivity index is 1.43. The van der Waals surface area contributed by atoms with Gasteiger partial charge in [0, 0.05) is 62.3 Å². The lowest BCUT2D eigenvalue weighted by Gasteiger charge is -2.47. The van der Waals surface area contributed by atoms with Crippen LogP contribution in [0.4, 0.5) is 15.3 Å². The number of rotatable bonds is 3. The van der Waals surface area contributed by atoms with Crippen LogP contribution in [0.5, 0.6) is 0 Å². The van der Waals surface area contributed by atoms with Gasteiger partial charge < -0.3 is 19.5 Å². The number of likely N-dealkylation sites (tertiary alicyclic amines) is 2. The molecule has 5 amide bonds. The van der Waals surface area contributed by atoms with Crippen LogP contribution in [-0.4, -0.2) is 76.1 Å². The zero-order valence-electron chi connectivity index (χ0n) is 20.8. The molecule has 4 heterocycles. The van der Waals surface area contributed by atoms with E-state index in [-0.39, 0.29) is 36.2 Å². The molecule has 2 N–H and O–H groups in total. The molecule has 0 bridgehead atoms. The Morgan fingerprint density at radius 2 is 1.78 bits per heavy atom. The van der Waals surface area contributed by atoms with Gasteiger partial charge >= 0.3 is 12.1 Å². The number of carbonyl (C=O) groups excluding carboxylic acids is 3. The van der Waals surface area contributed by atoms with Crippen LogP contribution >= 0.6 is 0 Å². The van der Waals surface area contributed by atoms with Crippen molar-refractivity contribution >= 4 is 40.5 Å². The van der Waals surface area contributed by atoms with Crippen molar-refractivity contribution in [2.45, 2.75) is 52.0 Å². The summed E-state index contributed by atoms with van der Waals surface area (Å²) >= 11 is 0. The summed E-state index contributed by atoms with van der Waals surface area (Å²) < 4.78 is 2.08. The van der Waals surface area contributed by atoms with Crippen LogP contribution in [0.3, 0.4) is 0 Å². The lowest BCUT2D eigenvalue weighted by atomic mass is 9.72. The second-order valence-electron chi connectivity index (χ2n) is 10.6. The summed E-state index contributed by atoms with van der Waals surface area (Å²) in [5.74, 6) is -0.394. The minimum absolute atomic E-state index is 0.0622. The molecule has 0 saturated carbocycles. The fourth-order valence-electron chi connectivity index (χ4n) is 5.98. The van der Waals surface area contributed by atoms with E-state index in [4.69, 9.17) is 0 Å². The number of carboxylic acid groups (broad SMARTS) is 1. The molecule has 2 aromatic rings. The monoisotopic (exact) mass is 495 g/mol. The lowest BCUT2D eigenvalue weighted by molar-refractivity contribution is -0.120. The molecule has 3 aliphatic rings. The zero-order chi connectivity index (χ0) is 25.6. The van der Waals surface area contributed by atoms with E-state index in [2.05, 4.69) is 23.7 Å². The maximum absolute atomic E-state index is 13.7. The molecule has 1 aromatic carbocycles. The highest BCUT2D eigenvalue weighted by Crippen LogP contribution is 2.40. The predicted octanol–water partition coefficient (Wildman–Crippen LogP) is 3.66. The second kappa shape index (κ2) is 9.15. The fourth-order valence-corrected chi connectivity index (χ4v) is 5.98. The van der Waals surface area contributed by atoms with Crippen molar-refractivity contribution in [1.29, 1.82) is 0 Å². The number of nitrogens with zero attached hydrogens (tertiary/aromatic N) is 4. The Hall–Kier alpha value is -3.56. The first-order valence-corrected chi connectivity index (χ1v) is 12.7. The number of imide groups is 1. The highest BCUT2D eigenvalue weighted by molar-refractivity contribution is 6.11. The maximum atomic E-state index is 13.7. The third-order valence-electron chi connectivity index (χ3n) is 8.01. The number of fused-ring (bicyclic) bond motifs is 1. The summed E-state index contributed by atoms with van der Waals surface area (Å²) in [7, 11) is 0. The van der Waals surface area contributed by atoms with Crippen LogP contribution in [0.2, 0.25) is 0 Å². The number of hydrogen-bond donors (Lipinski definition) is 2. The molecule has 0 radical (unpaired) electrons. The first kappa shape index (κ1) is 24.1. The number of piperidine rings is 2. The van der Waals surface area contributed by atoms with E-state index in [1.165, 1.54) is 4.90 Å². The molecule has 1 spiro atoms. The van der Waals surface area contributed by atoms with E-state index in [1.54, 1.807) is 11.0 Å². The summed E-state index contributed by atoms with van der Waals surface area (Å²) in [6, 6.07) is 5.29. The van der Waals surface area contributed by atoms with Crippen LogP contribution in [0.15, 0.2) is 24.4 Å². The van der Waals surface area contributed by atoms with E-state index in [0.717, 1.165) is 36.6 Å². The Labute approximate surface area is 209 Å². The average Bonchev–Trinajstić information content (AvgIpc) is 3.28. The fraction of sp³-hybridized carbons (Fsp3) is 0.538. The molecule has 5 rings (SSSR count). The van der Waals surface area contributed by atoms with Crippen LogP contribution in [-0.2, 0) is 4.79 Å². The SMILES string of the molecule is CC(C)n1ccc2c(N3CCC(=O)NC3=O)cc(C(=O)N3CCC4(CCCN(C(=O)O)C4)CC3)cc21. The first-order chi connectivity index (χ1) is 17.2. The normalized spacial score (nSPS) is 20.4. The Morgan fingerprint density at radius 3 is 2.44 bits per heavy atom. The quantitative estimate of drug-likeness (QED) is 0.674. The summed E-state index contributed by atoms with van der Waals surface area (Å²) in [5.41, 5.74) is 1.94. The molecule has 192 valence electrons. The lowest BCUT2D eigenvalue weighted by Crippen LogP contribution is -2.51. The minimum atomic E-state index is -0.870. The molecule has 0 aliphatic carbocycles.